The van der Waals surface area contributed by atoms with Gasteiger partial charge in [0.2, 0.25) is 0 Å². The second-order valence-electron chi connectivity index (χ2n) is 4.17. The van der Waals surface area contributed by atoms with E-state index in [2.05, 4.69) is 6.08 Å². The van der Waals surface area contributed by atoms with Crippen LogP contribution in [0.1, 0.15) is 29.6 Å². The second kappa shape index (κ2) is 5.91. The number of carbonyl (C=O) groups is 1. The smallest absolute Gasteiger partial charge is 0.180 e. The van der Waals surface area contributed by atoms with Crippen LogP contribution < -0.4 is 9.47 Å². The Morgan fingerprint density at radius 3 is 2.89 bits per heavy atom. The molecule has 0 fully saturated rings. The second-order valence-corrected chi connectivity index (χ2v) is 4.57. The molecule has 1 aromatic rings. The van der Waals surface area contributed by atoms with Crippen molar-refractivity contribution in [3.8, 4) is 11.5 Å². The van der Waals surface area contributed by atoms with Gasteiger partial charge in [0.05, 0.1) is 12.1 Å². The van der Waals surface area contributed by atoms with Crippen LogP contribution in [0, 0.1) is 0 Å². The van der Waals surface area contributed by atoms with E-state index < -0.39 is 0 Å². The normalized spacial score (nSPS) is 18.4. The quantitative estimate of drug-likeness (QED) is 0.616. The minimum atomic E-state index is 0.0206. The van der Waals surface area contributed by atoms with E-state index in [1.807, 2.05) is 6.08 Å². The Hall–Kier alpha value is -1.48. The number of halogens is 1. The molecule has 0 saturated carbocycles. The van der Waals surface area contributed by atoms with Crippen LogP contribution in [0.5, 0.6) is 11.5 Å². The lowest BCUT2D eigenvalue weighted by Gasteiger charge is -2.21. The number of rotatable bonds is 4. The average Bonchev–Trinajstić information content (AvgIpc) is 2.42. The molecule has 18 heavy (non-hydrogen) atoms. The zero-order valence-electron chi connectivity index (χ0n) is 10.2. The van der Waals surface area contributed by atoms with Gasteiger partial charge in [-0.1, -0.05) is 17.7 Å². The van der Waals surface area contributed by atoms with Crippen LogP contribution in [-0.4, -0.2) is 19.5 Å². The fraction of sp³-hybridized carbons (Fsp3) is 0.357. The van der Waals surface area contributed by atoms with Crippen LogP contribution in [0.25, 0.3) is 0 Å². The zero-order valence-corrected chi connectivity index (χ0v) is 10.9. The molecule has 0 radical (unpaired) electrons. The van der Waals surface area contributed by atoms with Crippen LogP contribution in [0.15, 0.2) is 24.3 Å². The number of benzene rings is 1. The van der Waals surface area contributed by atoms with Gasteiger partial charge < -0.3 is 9.47 Å². The summed E-state index contributed by atoms with van der Waals surface area (Å²) in [5, 5.41) is 0.399. The summed E-state index contributed by atoms with van der Waals surface area (Å²) in [7, 11) is 1.53. The summed E-state index contributed by atoms with van der Waals surface area (Å²) >= 11 is 6.12. The van der Waals surface area contributed by atoms with Crippen molar-refractivity contribution in [2.45, 2.75) is 25.4 Å². The minimum Gasteiger partial charge on any atom is -0.493 e. The average molecular weight is 267 g/mol. The molecule has 0 spiro atoms. The van der Waals surface area contributed by atoms with E-state index in [0.717, 1.165) is 25.5 Å². The molecule has 3 nitrogen and oxygen atoms in total. The van der Waals surface area contributed by atoms with Gasteiger partial charge in [-0.25, -0.2) is 0 Å². The number of methoxy groups -OCH3 is 1. The molecular weight excluding hydrogens is 252 g/mol. The molecule has 1 unspecified atom stereocenters. The minimum absolute atomic E-state index is 0.0206. The third-order valence-electron chi connectivity index (χ3n) is 2.87. The lowest BCUT2D eigenvalue weighted by Crippen LogP contribution is -2.16. The molecule has 0 aliphatic heterocycles. The number of allylic oxidation sites excluding steroid dienone is 1. The Balaban J connectivity index is 2.28. The molecular formula is C14H15ClO3. The third kappa shape index (κ3) is 2.85. The van der Waals surface area contributed by atoms with Gasteiger partial charge in [0, 0.05) is 5.56 Å². The van der Waals surface area contributed by atoms with Crippen LogP contribution in [0.4, 0.5) is 0 Å². The Labute approximate surface area is 111 Å². The molecule has 0 heterocycles. The van der Waals surface area contributed by atoms with Gasteiger partial charge in [0.1, 0.15) is 12.4 Å². The Kier molecular flexibility index (Phi) is 4.26. The molecule has 1 aliphatic carbocycles. The largest absolute Gasteiger partial charge is 0.493 e. The number of hydrogen-bond acceptors (Lipinski definition) is 3. The molecule has 0 N–H and O–H groups in total. The van der Waals surface area contributed by atoms with Gasteiger partial charge in [-0.3, -0.25) is 4.79 Å². The summed E-state index contributed by atoms with van der Waals surface area (Å²) in [6, 6.07) is 3.21. The highest BCUT2D eigenvalue weighted by atomic mass is 35.5. The Morgan fingerprint density at radius 2 is 2.28 bits per heavy atom. The fourth-order valence-electron chi connectivity index (χ4n) is 1.95. The van der Waals surface area contributed by atoms with E-state index in [9.17, 15) is 4.79 Å². The number of carbonyl (C=O) groups excluding carboxylic acids is 1. The van der Waals surface area contributed by atoms with Gasteiger partial charge in [0.15, 0.2) is 11.5 Å². The lowest BCUT2D eigenvalue weighted by molar-refractivity contribution is 0.112. The molecule has 0 amide bonds. The molecule has 1 atom stereocenters. The van der Waals surface area contributed by atoms with E-state index in [1.54, 1.807) is 12.1 Å². The molecule has 0 aromatic heterocycles. The van der Waals surface area contributed by atoms with Crippen molar-refractivity contribution < 1.29 is 14.3 Å². The first-order valence-electron chi connectivity index (χ1n) is 5.90. The van der Waals surface area contributed by atoms with Gasteiger partial charge in [-0.2, -0.15) is 0 Å². The van der Waals surface area contributed by atoms with E-state index in [-0.39, 0.29) is 6.10 Å². The summed E-state index contributed by atoms with van der Waals surface area (Å²) in [5.74, 6) is 0.991. The number of aldehydes is 1. The van der Waals surface area contributed by atoms with Crippen LogP contribution in [0.2, 0.25) is 5.02 Å². The van der Waals surface area contributed by atoms with Crippen molar-refractivity contribution in [1.82, 2.24) is 0 Å². The van der Waals surface area contributed by atoms with Crippen molar-refractivity contribution in [2.75, 3.05) is 7.11 Å². The first kappa shape index (κ1) is 13.0. The highest BCUT2D eigenvalue weighted by molar-refractivity contribution is 6.32. The molecule has 0 bridgehead atoms. The van der Waals surface area contributed by atoms with Crippen molar-refractivity contribution >= 4 is 17.9 Å². The summed E-state index contributed by atoms with van der Waals surface area (Å²) in [6.45, 7) is 0. The van der Waals surface area contributed by atoms with Crippen molar-refractivity contribution in [3.05, 3.63) is 34.9 Å². The summed E-state index contributed by atoms with van der Waals surface area (Å²) in [4.78, 5) is 10.8. The van der Waals surface area contributed by atoms with Gasteiger partial charge in [0.25, 0.3) is 0 Å². The molecule has 4 heteroatoms. The predicted molar refractivity (Wildman–Crippen MR) is 70.8 cm³/mol. The number of hydrogen-bond donors (Lipinski definition) is 0. The van der Waals surface area contributed by atoms with Gasteiger partial charge in [-0.15, -0.1) is 0 Å². The molecule has 2 rings (SSSR count). The summed E-state index contributed by atoms with van der Waals surface area (Å²) in [6.07, 6.45) is 8.06. The standard InChI is InChI=1S/C14H15ClO3/c1-17-13-8-10(9-16)7-12(15)14(13)18-11-5-3-2-4-6-11/h3,5,7-9,11H,2,4,6H2,1H3. The molecule has 0 saturated heterocycles. The maximum absolute atomic E-state index is 10.8. The zero-order chi connectivity index (χ0) is 13.0. The summed E-state index contributed by atoms with van der Waals surface area (Å²) in [5.41, 5.74) is 0.475. The highest BCUT2D eigenvalue weighted by Crippen LogP contribution is 2.37. The Bertz CT molecular complexity index is 468. The maximum atomic E-state index is 10.8. The van der Waals surface area contributed by atoms with E-state index in [4.69, 9.17) is 21.1 Å². The van der Waals surface area contributed by atoms with E-state index >= 15 is 0 Å². The SMILES string of the molecule is COc1cc(C=O)cc(Cl)c1OC1C=CCCC1. The molecule has 1 aromatic carbocycles. The van der Waals surface area contributed by atoms with Gasteiger partial charge >= 0.3 is 0 Å². The monoisotopic (exact) mass is 266 g/mol. The topological polar surface area (TPSA) is 35.5 Å². The van der Waals surface area contributed by atoms with Gasteiger partial charge in [-0.05, 0) is 37.5 Å². The van der Waals surface area contributed by atoms with Crippen LogP contribution in [0.3, 0.4) is 0 Å². The van der Waals surface area contributed by atoms with E-state index in [0.29, 0.717) is 22.1 Å². The van der Waals surface area contributed by atoms with Crippen LogP contribution >= 0.6 is 11.6 Å². The Morgan fingerprint density at radius 1 is 1.44 bits per heavy atom. The van der Waals surface area contributed by atoms with E-state index in [1.165, 1.54) is 7.11 Å². The summed E-state index contributed by atoms with van der Waals surface area (Å²) < 4.78 is 11.1. The third-order valence-corrected chi connectivity index (χ3v) is 3.15. The first-order chi connectivity index (χ1) is 8.74. The van der Waals surface area contributed by atoms with Crippen molar-refractivity contribution in [3.63, 3.8) is 0 Å². The van der Waals surface area contributed by atoms with Crippen LogP contribution in [-0.2, 0) is 0 Å². The molecule has 1 aliphatic rings. The highest BCUT2D eigenvalue weighted by Gasteiger charge is 2.17. The predicted octanol–water partition coefficient (Wildman–Crippen LogP) is 3.65. The van der Waals surface area contributed by atoms with Crippen molar-refractivity contribution in [1.29, 1.82) is 0 Å². The number of ether oxygens (including phenoxy) is 2. The fourth-order valence-corrected chi connectivity index (χ4v) is 2.22. The first-order valence-corrected chi connectivity index (χ1v) is 6.28. The molecule has 96 valence electrons. The van der Waals surface area contributed by atoms with Crippen molar-refractivity contribution in [2.24, 2.45) is 0 Å². The maximum Gasteiger partial charge on any atom is 0.180 e. The lowest BCUT2D eigenvalue weighted by atomic mass is 10.1.